The summed E-state index contributed by atoms with van der Waals surface area (Å²) in [5, 5.41) is 15.2. The molecule has 0 spiro atoms. The van der Waals surface area contributed by atoms with Gasteiger partial charge in [0.05, 0.1) is 5.25 Å². The lowest BCUT2D eigenvalue weighted by atomic mass is 9.79. The van der Waals surface area contributed by atoms with E-state index >= 15 is 0 Å². The number of nitrogens with one attached hydrogen (secondary N) is 2. The van der Waals surface area contributed by atoms with Crippen LogP contribution in [0, 0.1) is 11.8 Å². The highest BCUT2D eigenvalue weighted by Crippen LogP contribution is 2.35. The highest BCUT2D eigenvalue weighted by molar-refractivity contribution is 7.81. The Morgan fingerprint density at radius 2 is 1.71 bits per heavy atom. The molecule has 7 nitrogen and oxygen atoms in total. The summed E-state index contributed by atoms with van der Waals surface area (Å²) in [7, 11) is 0. The van der Waals surface area contributed by atoms with Crippen LogP contribution in [0.3, 0.4) is 0 Å². The highest BCUT2D eigenvalue weighted by atomic mass is 32.1. The molecule has 2 saturated carbocycles. The fourth-order valence-electron chi connectivity index (χ4n) is 5.95. The molecular weight excluding hydrogens is 498 g/mol. The number of thiol groups is 1. The monoisotopic (exact) mass is 537 g/mol. The van der Waals surface area contributed by atoms with Crippen LogP contribution in [-0.4, -0.2) is 44.7 Å². The topological polar surface area (TPSA) is 108 Å². The van der Waals surface area contributed by atoms with E-state index in [-0.39, 0.29) is 18.2 Å². The number of carbonyl (C=O) groups is 3. The molecule has 3 atom stereocenters. The molecule has 8 heteroatoms. The summed E-state index contributed by atoms with van der Waals surface area (Å²) in [5.41, 5.74) is 1.66. The van der Waals surface area contributed by atoms with Crippen molar-refractivity contribution in [2.75, 3.05) is 0 Å². The number of carboxylic acid groups (broad SMARTS) is 1. The molecule has 1 heterocycles. The van der Waals surface area contributed by atoms with Gasteiger partial charge in [0.2, 0.25) is 11.8 Å². The van der Waals surface area contributed by atoms with Gasteiger partial charge in [-0.2, -0.15) is 12.6 Å². The molecule has 2 aromatic rings. The normalized spacial score (nSPS) is 19.7. The first kappa shape index (κ1) is 28.1. The lowest BCUT2D eigenvalue weighted by Gasteiger charge is -2.34. The van der Waals surface area contributed by atoms with Crippen LogP contribution < -0.4 is 10.6 Å². The first-order valence-electron chi connectivity index (χ1n) is 13.8. The van der Waals surface area contributed by atoms with Gasteiger partial charge in [0.1, 0.15) is 11.6 Å². The highest BCUT2D eigenvalue weighted by Gasteiger charge is 2.45. The minimum atomic E-state index is -1.10. The van der Waals surface area contributed by atoms with Gasteiger partial charge in [-0.25, -0.2) is 4.79 Å². The van der Waals surface area contributed by atoms with Crippen LogP contribution in [0.2, 0.25) is 0 Å². The van der Waals surface area contributed by atoms with Gasteiger partial charge in [-0.3, -0.25) is 14.6 Å². The van der Waals surface area contributed by atoms with E-state index in [0.717, 1.165) is 42.4 Å². The van der Waals surface area contributed by atoms with Gasteiger partial charge in [0.25, 0.3) is 0 Å². The molecule has 204 valence electrons. The van der Waals surface area contributed by atoms with Crippen LogP contribution in [0.4, 0.5) is 0 Å². The van der Waals surface area contributed by atoms with Crippen molar-refractivity contribution >= 4 is 30.4 Å². The molecule has 3 N–H and O–H groups in total. The largest absolute Gasteiger partial charge is 0.480 e. The molecule has 0 bridgehead atoms. The Morgan fingerprint density at radius 1 is 1.03 bits per heavy atom. The quantitative estimate of drug-likeness (QED) is 0.326. The lowest BCUT2D eigenvalue weighted by Crippen LogP contribution is -2.61. The minimum absolute atomic E-state index is 0.113. The molecule has 0 radical (unpaired) electrons. The number of aliphatic carboxylic acids is 1. The summed E-state index contributed by atoms with van der Waals surface area (Å²) in [6, 6.07) is 10.3. The summed E-state index contributed by atoms with van der Waals surface area (Å²) >= 11 is 4.67. The van der Waals surface area contributed by atoms with E-state index in [9.17, 15) is 19.5 Å². The summed E-state index contributed by atoms with van der Waals surface area (Å²) in [6.07, 6.45) is 12.1. The fraction of sp³-hybridized carbons (Fsp3) is 0.533. The molecule has 1 aromatic heterocycles. The molecule has 1 aromatic carbocycles. The third kappa shape index (κ3) is 6.76. The Balaban J connectivity index is 1.41. The zero-order valence-corrected chi connectivity index (χ0v) is 23.0. The molecule has 2 aliphatic carbocycles. The number of amides is 2. The van der Waals surface area contributed by atoms with E-state index in [0.29, 0.717) is 18.8 Å². The maximum atomic E-state index is 13.5. The first-order valence-corrected chi connectivity index (χ1v) is 14.3. The predicted octanol–water partition coefficient (Wildman–Crippen LogP) is 4.80. The van der Waals surface area contributed by atoms with Gasteiger partial charge in [0, 0.05) is 18.8 Å². The molecule has 38 heavy (non-hydrogen) atoms. The van der Waals surface area contributed by atoms with E-state index in [4.69, 9.17) is 0 Å². The van der Waals surface area contributed by atoms with Gasteiger partial charge in [0.15, 0.2) is 0 Å². The van der Waals surface area contributed by atoms with E-state index in [1.807, 2.05) is 36.4 Å². The molecule has 2 amide bonds. The third-order valence-electron chi connectivity index (χ3n) is 8.41. The van der Waals surface area contributed by atoms with Crippen molar-refractivity contribution in [1.82, 2.24) is 15.6 Å². The van der Waals surface area contributed by atoms with Gasteiger partial charge >= 0.3 is 5.97 Å². The summed E-state index contributed by atoms with van der Waals surface area (Å²) in [5.74, 6) is -1.19. The van der Waals surface area contributed by atoms with E-state index in [2.05, 4.69) is 35.2 Å². The van der Waals surface area contributed by atoms with E-state index in [1.54, 1.807) is 12.4 Å². The zero-order valence-electron chi connectivity index (χ0n) is 22.1. The third-order valence-corrected chi connectivity index (χ3v) is 9.11. The standard InChI is InChI=1S/C30H39N3O4S/c1-20(22-8-3-2-4-9-22)26(38)27(34)33-30(15-5-6-16-30)29(37)32-25(28(35)36)18-21-11-13-23(14-12-21)24-10-7-17-31-19-24/h7,10-14,17,19-20,22,25-26,38H,2-6,8-9,15-16,18H2,1H3,(H,32,37)(H,33,34)(H,35,36). The molecule has 2 aliphatic rings. The van der Waals surface area contributed by atoms with Gasteiger partial charge in [-0.1, -0.05) is 82.2 Å². The molecule has 4 rings (SSSR count). The van der Waals surface area contributed by atoms with Gasteiger partial charge in [-0.15, -0.1) is 0 Å². The second kappa shape index (κ2) is 12.8. The molecule has 0 aliphatic heterocycles. The summed E-state index contributed by atoms with van der Waals surface area (Å²) in [4.78, 5) is 43.0. The summed E-state index contributed by atoms with van der Waals surface area (Å²) < 4.78 is 0. The van der Waals surface area contributed by atoms with Crippen LogP contribution in [0.5, 0.6) is 0 Å². The minimum Gasteiger partial charge on any atom is -0.480 e. The van der Waals surface area contributed by atoms with Crippen LogP contribution in [0.15, 0.2) is 48.8 Å². The number of rotatable bonds is 10. The maximum absolute atomic E-state index is 13.5. The van der Waals surface area contributed by atoms with Gasteiger partial charge < -0.3 is 15.7 Å². The van der Waals surface area contributed by atoms with Gasteiger partial charge in [-0.05, 0) is 47.4 Å². The van der Waals surface area contributed by atoms with Crippen molar-refractivity contribution in [1.29, 1.82) is 0 Å². The average Bonchev–Trinajstić information content (AvgIpc) is 3.42. The number of hydrogen-bond acceptors (Lipinski definition) is 5. The Labute approximate surface area is 230 Å². The zero-order chi connectivity index (χ0) is 27.1. The Morgan fingerprint density at radius 3 is 2.32 bits per heavy atom. The average molecular weight is 538 g/mol. The van der Waals surface area contributed by atoms with Crippen molar-refractivity contribution in [2.24, 2.45) is 11.8 Å². The van der Waals surface area contributed by atoms with Crippen LogP contribution >= 0.6 is 12.6 Å². The Hall–Kier alpha value is -2.87. The van der Waals surface area contributed by atoms with Crippen molar-refractivity contribution in [3.05, 3.63) is 54.4 Å². The smallest absolute Gasteiger partial charge is 0.326 e. The lowest BCUT2D eigenvalue weighted by molar-refractivity contribution is -0.143. The fourth-order valence-corrected chi connectivity index (χ4v) is 6.26. The number of hydrogen-bond donors (Lipinski definition) is 4. The number of aromatic nitrogens is 1. The van der Waals surface area contributed by atoms with Crippen molar-refractivity contribution in [3.63, 3.8) is 0 Å². The predicted molar refractivity (Wildman–Crippen MR) is 151 cm³/mol. The van der Waals surface area contributed by atoms with Crippen molar-refractivity contribution < 1.29 is 19.5 Å². The maximum Gasteiger partial charge on any atom is 0.326 e. The van der Waals surface area contributed by atoms with Crippen LogP contribution in [-0.2, 0) is 20.8 Å². The number of nitrogens with zero attached hydrogens (tertiary/aromatic N) is 1. The Kier molecular flexibility index (Phi) is 9.47. The van der Waals surface area contributed by atoms with Crippen LogP contribution in [0.25, 0.3) is 11.1 Å². The SMILES string of the molecule is CC(C1CCCCC1)C(S)C(=O)NC1(C(=O)NC(Cc2ccc(-c3cccnc3)cc2)C(=O)O)CCCC1. The number of pyridine rings is 1. The summed E-state index contributed by atoms with van der Waals surface area (Å²) in [6.45, 7) is 2.08. The number of carbonyl (C=O) groups excluding carboxylic acids is 2. The second-order valence-electron chi connectivity index (χ2n) is 11.0. The van der Waals surface area contributed by atoms with Crippen molar-refractivity contribution in [3.8, 4) is 11.1 Å². The number of carboxylic acids is 1. The van der Waals surface area contributed by atoms with Crippen molar-refractivity contribution in [2.45, 2.75) is 88.0 Å². The van der Waals surface area contributed by atoms with E-state index in [1.165, 1.54) is 19.3 Å². The number of benzene rings is 1. The van der Waals surface area contributed by atoms with E-state index < -0.39 is 28.7 Å². The molecule has 3 unspecified atom stereocenters. The first-order chi connectivity index (χ1) is 18.3. The van der Waals surface area contributed by atoms with Crippen LogP contribution in [0.1, 0.15) is 70.3 Å². The molecular formula is C30H39N3O4S. The second-order valence-corrected chi connectivity index (χ2v) is 11.5. The molecule has 2 fully saturated rings. The Bertz CT molecular complexity index is 1100. The molecule has 0 saturated heterocycles.